The number of aromatic nitrogens is 2. The van der Waals surface area contributed by atoms with Crippen molar-refractivity contribution in [1.29, 1.82) is 0 Å². The van der Waals surface area contributed by atoms with Gasteiger partial charge in [-0.3, -0.25) is 0 Å². The Hall–Kier alpha value is -1.56. The molecule has 0 aliphatic carbocycles. The van der Waals surface area contributed by atoms with Crippen LogP contribution in [0, 0.1) is 0 Å². The minimum atomic E-state index is 0.149. The van der Waals surface area contributed by atoms with Gasteiger partial charge in [0.2, 0.25) is 0 Å². The molecule has 0 radical (unpaired) electrons. The lowest BCUT2D eigenvalue weighted by Crippen LogP contribution is -2.25. The highest BCUT2D eigenvalue weighted by molar-refractivity contribution is 6.35. The number of halogens is 2. The van der Waals surface area contributed by atoms with Gasteiger partial charge in [0, 0.05) is 29.5 Å². The SMILES string of the molecule is CC(CN)Nc1cc(Cl)c2ncnc(N/C=C/CCl)c2c1. The Morgan fingerprint density at radius 2 is 2.19 bits per heavy atom. The largest absolute Gasteiger partial charge is 0.381 e. The second kappa shape index (κ2) is 7.45. The van der Waals surface area contributed by atoms with Crippen molar-refractivity contribution in [1.82, 2.24) is 9.97 Å². The lowest BCUT2D eigenvalue weighted by Gasteiger charge is -2.14. The van der Waals surface area contributed by atoms with Crippen LogP contribution in [-0.4, -0.2) is 28.4 Å². The number of nitrogens with zero attached hydrogens (tertiary/aromatic N) is 2. The summed E-state index contributed by atoms with van der Waals surface area (Å²) in [6.45, 7) is 2.53. The summed E-state index contributed by atoms with van der Waals surface area (Å²) in [5, 5.41) is 7.76. The van der Waals surface area contributed by atoms with Crippen LogP contribution >= 0.6 is 23.2 Å². The average molecular weight is 326 g/mol. The van der Waals surface area contributed by atoms with Crippen molar-refractivity contribution in [2.45, 2.75) is 13.0 Å². The third-order valence-electron chi connectivity index (χ3n) is 2.89. The van der Waals surface area contributed by atoms with Crippen molar-refractivity contribution in [3.63, 3.8) is 0 Å². The van der Waals surface area contributed by atoms with E-state index in [0.717, 1.165) is 11.1 Å². The smallest absolute Gasteiger partial charge is 0.141 e. The Labute approximate surface area is 133 Å². The van der Waals surface area contributed by atoms with Crippen molar-refractivity contribution < 1.29 is 0 Å². The van der Waals surface area contributed by atoms with Gasteiger partial charge < -0.3 is 16.4 Å². The number of anilines is 2. The zero-order valence-electron chi connectivity index (χ0n) is 11.6. The highest BCUT2D eigenvalue weighted by Crippen LogP contribution is 2.30. The topological polar surface area (TPSA) is 75.9 Å². The lowest BCUT2D eigenvalue weighted by atomic mass is 10.2. The zero-order chi connectivity index (χ0) is 15.2. The van der Waals surface area contributed by atoms with Crippen molar-refractivity contribution in [2.75, 3.05) is 23.1 Å². The minimum Gasteiger partial charge on any atom is -0.381 e. The molecule has 2 aromatic rings. The molecule has 112 valence electrons. The summed E-state index contributed by atoms with van der Waals surface area (Å²) in [6.07, 6.45) is 5.00. The number of hydrogen-bond acceptors (Lipinski definition) is 5. The van der Waals surface area contributed by atoms with Gasteiger partial charge in [-0.15, -0.1) is 11.6 Å². The van der Waals surface area contributed by atoms with E-state index in [0.29, 0.717) is 28.8 Å². The van der Waals surface area contributed by atoms with E-state index in [1.807, 2.05) is 19.1 Å². The number of allylic oxidation sites excluding steroid dienone is 1. The monoisotopic (exact) mass is 325 g/mol. The van der Waals surface area contributed by atoms with Gasteiger partial charge in [-0.1, -0.05) is 17.7 Å². The van der Waals surface area contributed by atoms with E-state index < -0.39 is 0 Å². The molecule has 2 rings (SSSR count). The van der Waals surface area contributed by atoms with Crippen LogP contribution in [0.5, 0.6) is 0 Å². The first kappa shape index (κ1) is 15.8. The fraction of sp³-hybridized carbons (Fsp3) is 0.286. The molecule has 1 heterocycles. The van der Waals surface area contributed by atoms with Gasteiger partial charge in [-0.2, -0.15) is 0 Å². The maximum absolute atomic E-state index is 6.29. The normalized spacial score (nSPS) is 12.8. The van der Waals surface area contributed by atoms with Crippen LogP contribution < -0.4 is 16.4 Å². The Balaban J connectivity index is 2.43. The summed E-state index contributed by atoms with van der Waals surface area (Å²) >= 11 is 11.9. The van der Waals surface area contributed by atoms with Crippen LogP contribution in [0.25, 0.3) is 10.9 Å². The van der Waals surface area contributed by atoms with Crippen molar-refractivity contribution in [3.8, 4) is 0 Å². The molecular formula is C14H17Cl2N5. The Kier molecular flexibility index (Phi) is 5.61. The van der Waals surface area contributed by atoms with Gasteiger partial charge in [0.1, 0.15) is 12.1 Å². The molecule has 1 aromatic heterocycles. The molecule has 1 aromatic carbocycles. The minimum absolute atomic E-state index is 0.149. The summed E-state index contributed by atoms with van der Waals surface area (Å²) in [5.41, 5.74) is 7.20. The van der Waals surface area contributed by atoms with Crippen molar-refractivity contribution in [3.05, 3.63) is 35.8 Å². The number of nitrogens with one attached hydrogen (secondary N) is 2. The van der Waals surface area contributed by atoms with E-state index in [4.69, 9.17) is 28.9 Å². The standard InChI is InChI=1S/C14H17Cl2N5/c1-9(7-17)21-10-5-11-13(12(16)6-10)19-8-20-14(11)18-4-2-3-15/h2,4-6,8-9,21H,3,7,17H2,1H3,(H,18,19,20)/b4-2+. The first-order chi connectivity index (χ1) is 10.2. The molecule has 0 spiro atoms. The molecule has 5 nitrogen and oxygen atoms in total. The second-order valence-electron chi connectivity index (χ2n) is 4.56. The molecule has 1 atom stereocenters. The second-order valence-corrected chi connectivity index (χ2v) is 5.27. The Bertz CT molecular complexity index is 645. The summed E-state index contributed by atoms with van der Waals surface area (Å²) in [6, 6.07) is 3.93. The zero-order valence-corrected chi connectivity index (χ0v) is 13.1. The van der Waals surface area contributed by atoms with E-state index in [1.54, 1.807) is 12.3 Å². The first-order valence-corrected chi connectivity index (χ1v) is 7.45. The van der Waals surface area contributed by atoms with Crippen LogP contribution in [0.3, 0.4) is 0 Å². The Morgan fingerprint density at radius 1 is 1.38 bits per heavy atom. The highest BCUT2D eigenvalue weighted by Gasteiger charge is 2.09. The molecule has 0 amide bonds. The van der Waals surface area contributed by atoms with Gasteiger partial charge >= 0.3 is 0 Å². The molecule has 0 aliphatic rings. The van der Waals surface area contributed by atoms with Crippen LogP contribution in [0.2, 0.25) is 5.02 Å². The van der Waals surface area contributed by atoms with Crippen LogP contribution in [-0.2, 0) is 0 Å². The molecule has 7 heteroatoms. The third-order valence-corrected chi connectivity index (χ3v) is 3.35. The van der Waals surface area contributed by atoms with Gasteiger partial charge in [-0.05, 0) is 25.3 Å². The summed E-state index contributed by atoms with van der Waals surface area (Å²) in [5.74, 6) is 1.10. The molecule has 0 saturated heterocycles. The molecule has 0 fully saturated rings. The maximum atomic E-state index is 6.29. The molecule has 4 N–H and O–H groups in total. The molecule has 21 heavy (non-hydrogen) atoms. The van der Waals surface area contributed by atoms with Gasteiger partial charge in [-0.25, -0.2) is 9.97 Å². The number of rotatable bonds is 6. The fourth-order valence-corrected chi connectivity index (χ4v) is 2.21. The van der Waals surface area contributed by atoms with Gasteiger partial charge in [0.15, 0.2) is 0 Å². The van der Waals surface area contributed by atoms with E-state index in [2.05, 4.69) is 20.6 Å². The third kappa shape index (κ3) is 3.97. The summed E-state index contributed by atoms with van der Waals surface area (Å²) in [4.78, 5) is 8.46. The molecule has 0 saturated carbocycles. The first-order valence-electron chi connectivity index (χ1n) is 6.54. The predicted octanol–water partition coefficient (Wildman–Crippen LogP) is 3.21. The van der Waals surface area contributed by atoms with E-state index in [9.17, 15) is 0 Å². The number of nitrogens with two attached hydrogens (primary N) is 1. The van der Waals surface area contributed by atoms with Gasteiger partial charge in [0.05, 0.1) is 10.5 Å². The van der Waals surface area contributed by atoms with E-state index in [1.165, 1.54) is 6.33 Å². The predicted molar refractivity (Wildman–Crippen MR) is 90.2 cm³/mol. The van der Waals surface area contributed by atoms with Crippen LogP contribution in [0.4, 0.5) is 11.5 Å². The van der Waals surface area contributed by atoms with Crippen molar-refractivity contribution in [2.24, 2.45) is 5.73 Å². The summed E-state index contributed by atoms with van der Waals surface area (Å²) in [7, 11) is 0. The van der Waals surface area contributed by atoms with Gasteiger partial charge in [0.25, 0.3) is 0 Å². The number of alkyl halides is 1. The average Bonchev–Trinajstić information content (AvgIpc) is 2.48. The molecule has 1 unspecified atom stereocenters. The summed E-state index contributed by atoms with van der Waals surface area (Å²) < 4.78 is 0. The quantitative estimate of drug-likeness (QED) is 0.711. The van der Waals surface area contributed by atoms with E-state index in [-0.39, 0.29) is 6.04 Å². The lowest BCUT2D eigenvalue weighted by molar-refractivity contribution is 0.804. The van der Waals surface area contributed by atoms with Crippen molar-refractivity contribution >= 4 is 45.6 Å². The van der Waals surface area contributed by atoms with Crippen LogP contribution in [0.1, 0.15) is 6.92 Å². The maximum Gasteiger partial charge on any atom is 0.141 e. The van der Waals surface area contributed by atoms with Crippen LogP contribution in [0.15, 0.2) is 30.7 Å². The molecular weight excluding hydrogens is 309 g/mol. The number of benzene rings is 1. The number of hydrogen-bond donors (Lipinski definition) is 3. The molecule has 0 bridgehead atoms. The number of fused-ring (bicyclic) bond motifs is 1. The Morgan fingerprint density at radius 3 is 2.90 bits per heavy atom. The van der Waals surface area contributed by atoms with E-state index >= 15 is 0 Å². The molecule has 0 aliphatic heterocycles. The fourth-order valence-electron chi connectivity index (χ4n) is 1.85. The highest BCUT2D eigenvalue weighted by atomic mass is 35.5.